The summed E-state index contributed by atoms with van der Waals surface area (Å²) in [7, 11) is 0. The highest BCUT2D eigenvalue weighted by atomic mass is 32.2. The Kier molecular flexibility index (Phi) is 4.27. The molecule has 1 saturated heterocycles. The Morgan fingerprint density at radius 2 is 2.38 bits per heavy atom. The fourth-order valence-electron chi connectivity index (χ4n) is 1.84. The predicted molar refractivity (Wildman–Crippen MR) is 66.8 cm³/mol. The van der Waals surface area contributed by atoms with Gasteiger partial charge in [0.15, 0.2) is 0 Å². The third-order valence-corrected chi connectivity index (χ3v) is 3.99. The molecule has 0 amide bonds. The van der Waals surface area contributed by atoms with E-state index < -0.39 is 0 Å². The van der Waals surface area contributed by atoms with Gasteiger partial charge in [0.25, 0.3) is 0 Å². The highest BCUT2D eigenvalue weighted by Crippen LogP contribution is 2.30. The van der Waals surface area contributed by atoms with Crippen molar-refractivity contribution in [2.45, 2.75) is 36.0 Å². The van der Waals surface area contributed by atoms with E-state index in [4.69, 9.17) is 4.74 Å². The molecule has 1 aromatic rings. The van der Waals surface area contributed by atoms with Crippen LogP contribution in [0.5, 0.6) is 0 Å². The molecule has 0 aliphatic carbocycles. The summed E-state index contributed by atoms with van der Waals surface area (Å²) >= 11 is 1.86. The molecule has 2 nitrogen and oxygen atoms in total. The van der Waals surface area contributed by atoms with E-state index in [0.717, 1.165) is 25.2 Å². The van der Waals surface area contributed by atoms with Crippen LogP contribution in [0.25, 0.3) is 0 Å². The molecule has 88 valence electrons. The number of aliphatic hydroxyl groups is 1. The van der Waals surface area contributed by atoms with Gasteiger partial charge in [0, 0.05) is 16.8 Å². The topological polar surface area (TPSA) is 29.5 Å². The van der Waals surface area contributed by atoms with Gasteiger partial charge in [-0.15, -0.1) is 11.8 Å². The van der Waals surface area contributed by atoms with Crippen molar-refractivity contribution in [3.05, 3.63) is 29.8 Å². The highest BCUT2D eigenvalue weighted by Gasteiger charge is 2.15. The monoisotopic (exact) mass is 238 g/mol. The zero-order valence-corrected chi connectivity index (χ0v) is 10.4. The molecule has 1 aliphatic heterocycles. The molecule has 16 heavy (non-hydrogen) atoms. The summed E-state index contributed by atoms with van der Waals surface area (Å²) < 4.78 is 5.46. The lowest BCUT2D eigenvalue weighted by molar-refractivity contribution is 0.101. The maximum atomic E-state index is 9.52. The van der Waals surface area contributed by atoms with Crippen LogP contribution in [-0.2, 0) is 4.74 Å². The predicted octanol–water partition coefficient (Wildman–Crippen LogP) is 3.01. The van der Waals surface area contributed by atoms with Gasteiger partial charge < -0.3 is 9.84 Å². The third kappa shape index (κ3) is 3.24. The van der Waals surface area contributed by atoms with E-state index in [-0.39, 0.29) is 6.10 Å². The standard InChI is InChI=1S/C13H18O2S/c1-10(14)11-4-2-5-12(8-11)16-13-6-3-7-15-9-13/h2,4-5,8,10,13-14H,3,6-7,9H2,1H3. The molecule has 1 N–H and O–H groups in total. The van der Waals surface area contributed by atoms with E-state index in [1.54, 1.807) is 6.92 Å². The van der Waals surface area contributed by atoms with Crippen molar-refractivity contribution < 1.29 is 9.84 Å². The molecule has 1 aromatic carbocycles. The Bertz CT molecular complexity index is 332. The first-order valence-electron chi connectivity index (χ1n) is 5.78. The zero-order chi connectivity index (χ0) is 11.4. The second-order valence-electron chi connectivity index (χ2n) is 4.21. The van der Waals surface area contributed by atoms with Crippen LogP contribution < -0.4 is 0 Å². The zero-order valence-electron chi connectivity index (χ0n) is 9.56. The van der Waals surface area contributed by atoms with Gasteiger partial charge in [-0.2, -0.15) is 0 Å². The van der Waals surface area contributed by atoms with E-state index in [9.17, 15) is 5.11 Å². The largest absolute Gasteiger partial charge is 0.389 e. The molecule has 0 radical (unpaired) electrons. The molecule has 1 fully saturated rings. The van der Waals surface area contributed by atoms with Gasteiger partial charge in [0.2, 0.25) is 0 Å². The molecule has 0 bridgehead atoms. The van der Waals surface area contributed by atoms with Crippen LogP contribution in [0.1, 0.15) is 31.4 Å². The van der Waals surface area contributed by atoms with Crippen LogP contribution in [0, 0.1) is 0 Å². The van der Waals surface area contributed by atoms with Crippen LogP contribution >= 0.6 is 11.8 Å². The summed E-state index contributed by atoms with van der Waals surface area (Å²) in [4.78, 5) is 1.23. The number of ether oxygens (including phenoxy) is 1. The molecule has 0 saturated carbocycles. The SMILES string of the molecule is CC(O)c1cccc(SC2CCCOC2)c1. The molecular weight excluding hydrogens is 220 g/mol. The third-order valence-electron chi connectivity index (χ3n) is 2.76. The number of hydrogen-bond acceptors (Lipinski definition) is 3. The fourth-order valence-corrected chi connectivity index (χ4v) is 3.04. The maximum Gasteiger partial charge on any atom is 0.0762 e. The van der Waals surface area contributed by atoms with Crippen molar-refractivity contribution in [2.75, 3.05) is 13.2 Å². The van der Waals surface area contributed by atoms with Gasteiger partial charge in [-0.1, -0.05) is 12.1 Å². The minimum absolute atomic E-state index is 0.386. The number of thioether (sulfide) groups is 1. The first-order chi connectivity index (χ1) is 7.75. The van der Waals surface area contributed by atoms with E-state index >= 15 is 0 Å². The average molecular weight is 238 g/mol. The van der Waals surface area contributed by atoms with E-state index in [2.05, 4.69) is 12.1 Å². The first-order valence-corrected chi connectivity index (χ1v) is 6.66. The lowest BCUT2D eigenvalue weighted by Crippen LogP contribution is -2.19. The highest BCUT2D eigenvalue weighted by molar-refractivity contribution is 8.00. The Labute approximate surface area is 101 Å². The van der Waals surface area contributed by atoms with Crippen molar-refractivity contribution in [2.24, 2.45) is 0 Å². The smallest absolute Gasteiger partial charge is 0.0762 e. The number of hydrogen-bond donors (Lipinski definition) is 1. The van der Waals surface area contributed by atoms with Crippen molar-refractivity contribution in [3.63, 3.8) is 0 Å². The minimum Gasteiger partial charge on any atom is -0.389 e. The molecule has 0 spiro atoms. The fraction of sp³-hybridized carbons (Fsp3) is 0.538. The van der Waals surface area contributed by atoms with Crippen LogP contribution in [0.4, 0.5) is 0 Å². The average Bonchev–Trinajstić information content (AvgIpc) is 2.30. The molecule has 1 aliphatic rings. The second-order valence-corrected chi connectivity index (χ2v) is 5.58. The number of benzene rings is 1. The summed E-state index contributed by atoms with van der Waals surface area (Å²) in [5.74, 6) is 0. The Balaban J connectivity index is 2.00. The summed E-state index contributed by atoms with van der Waals surface area (Å²) in [5.41, 5.74) is 0.988. The Morgan fingerprint density at radius 1 is 1.50 bits per heavy atom. The van der Waals surface area contributed by atoms with Crippen LogP contribution in [0.3, 0.4) is 0 Å². The summed E-state index contributed by atoms with van der Waals surface area (Å²) in [6.45, 7) is 3.56. The van der Waals surface area contributed by atoms with Crippen LogP contribution in [0.15, 0.2) is 29.2 Å². The lowest BCUT2D eigenvalue weighted by Gasteiger charge is -2.21. The minimum atomic E-state index is -0.386. The summed E-state index contributed by atoms with van der Waals surface area (Å²) in [6, 6.07) is 8.15. The van der Waals surface area contributed by atoms with Gasteiger partial charge in [0.1, 0.15) is 0 Å². The van der Waals surface area contributed by atoms with Crippen molar-refractivity contribution in [1.29, 1.82) is 0 Å². The second kappa shape index (κ2) is 5.71. The maximum absolute atomic E-state index is 9.52. The normalized spacial score (nSPS) is 23.0. The van der Waals surface area contributed by atoms with E-state index in [1.165, 1.54) is 11.3 Å². The first kappa shape index (κ1) is 12.0. The van der Waals surface area contributed by atoms with Crippen LogP contribution in [0.2, 0.25) is 0 Å². The Morgan fingerprint density at radius 3 is 3.06 bits per heavy atom. The molecule has 3 heteroatoms. The van der Waals surface area contributed by atoms with Crippen LogP contribution in [-0.4, -0.2) is 23.6 Å². The Hall–Kier alpha value is -0.510. The molecule has 2 atom stereocenters. The van der Waals surface area contributed by atoms with Crippen molar-refractivity contribution in [3.8, 4) is 0 Å². The van der Waals surface area contributed by atoms with E-state index in [0.29, 0.717) is 5.25 Å². The summed E-state index contributed by atoms with van der Waals surface area (Å²) in [5, 5.41) is 10.1. The molecule has 0 aromatic heterocycles. The lowest BCUT2D eigenvalue weighted by atomic mass is 10.1. The van der Waals surface area contributed by atoms with Gasteiger partial charge in [-0.25, -0.2) is 0 Å². The summed E-state index contributed by atoms with van der Waals surface area (Å²) in [6.07, 6.45) is 2.00. The molecule has 2 unspecified atom stereocenters. The number of rotatable bonds is 3. The van der Waals surface area contributed by atoms with Gasteiger partial charge >= 0.3 is 0 Å². The molecule has 2 rings (SSSR count). The number of aliphatic hydroxyl groups excluding tert-OH is 1. The van der Waals surface area contributed by atoms with Crippen molar-refractivity contribution in [1.82, 2.24) is 0 Å². The quantitative estimate of drug-likeness (QED) is 0.877. The molecule has 1 heterocycles. The van der Waals surface area contributed by atoms with Crippen molar-refractivity contribution >= 4 is 11.8 Å². The van der Waals surface area contributed by atoms with Gasteiger partial charge in [-0.3, -0.25) is 0 Å². The van der Waals surface area contributed by atoms with E-state index in [1.807, 2.05) is 23.9 Å². The van der Waals surface area contributed by atoms with Gasteiger partial charge in [-0.05, 0) is 37.5 Å². The van der Waals surface area contributed by atoms with Gasteiger partial charge in [0.05, 0.1) is 12.7 Å². The molecular formula is C13H18O2S.